The lowest BCUT2D eigenvalue weighted by molar-refractivity contribution is -0.166. The molecule has 4 heteroatoms. The van der Waals surface area contributed by atoms with Crippen LogP contribution in [0.3, 0.4) is 0 Å². The lowest BCUT2D eigenvalue weighted by Crippen LogP contribution is -2.62. The Morgan fingerprint density at radius 2 is 2.29 bits per heavy atom. The zero-order valence-electron chi connectivity index (χ0n) is 8.74. The third-order valence-corrected chi connectivity index (χ3v) is 3.13. The van der Waals surface area contributed by atoms with Crippen molar-refractivity contribution in [3.8, 4) is 0 Å². The molecule has 2 aliphatic heterocycles. The van der Waals surface area contributed by atoms with Crippen LogP contribution in [-0.4, -0.2) is 54.7 Å². The topological polar surface area (TPSA) is 41.9 Å². The Hall–Kier alpha value is -0.160. The van der Waals surface area contributed by atoms with Crippen LogP contribution in [0.4, 0.5) is 0 Å². The Morgan fingerprint density at radius 3 is 2.86 bits per heavy atom. The van der Waals surface area contributed by atoms with E-state index >= 15 is 0 Å². The molecule has 0 aromatic rings. The molecule has 2 aliphatic rings. The minimum atomic E-state index is -0.425. The molecular formula is C10H19NO3. The maximum Gasteiger partial charge on any atom is 0.147 e. The molecule has 2 fully saturated rings. The second kappa shape index (κ2) is 4.14. The number of hydrogen-bond acceptors (Lipinski definition) is 4. The molecular weight excluding hydrogens is 182 g/mol. The standard InChI is InChI=1S/C10H19NO3/c1-2-10(12)6-11(7-10)5-9-3-4-13-8-14-9/h9,12H,2-8H2,1H3. The smallest absolute Gasteiger partial charge is 0.147 e. The Labute approximate surface area is 84.8 Å². The minimum Gasteiger partial charge on any atom is -0.387 e. The fourth-order valence-corrected chi connectivity index (χ4v) is 2.07. The van der Waals surface area contributed by atoms with Crippen LogP contribution >= 0.6 is 0 Å². The highest BCUT2D eigenvalue weighted by Crippen LogP contribution is 2.24. The van der Waals surface area contributed by atoms with Gasteiger partial charge >= 0.3 is 0 Å². The van der Waals surface area contributed by atoms with E-state index in [-0.39, 0.29) is 0 Å². The van der Waals surface area contributed by atoms with Crippen molar-refractivity contribution >= 4 is 0 Å². The molecule has 0 aromatic carbocycles. The zero-order valence-corrected chi connectivity index (χ0v) is 8.74. The first-order valence-corrected chi connectivity index (χ1v) is 5.36. The molecule has 4 nitrogen and oxygen atoms in total. The Balaban J connectivity index is 1.68. The molecule has 0 spiro atoms. The fraction of sp³-hybridized carbons (Fsp3) is 1.00. The molecule has 2 rings (SSSR count). The lowest BCUT2D eigenvalue weighted by Gasteiger charge is -2.47. The van der Waals surface area contributed by atoms with Crippen molar-refractivity contribution in [3.05, 3.63) is 0 Å². The van der Waals surface area contributed by atoms with Gasteiger partial charge in [-0.2, -0.15) is 0 Å². The van der Waals surface area contributed by atoms with Crippen LogP contribution in [0, 0.1) is 0 Å². The summed E-state index contributed by atoms with van der Waals surface area (Å²) in [6.07, 6.45) is 2.12. The van der Waals surface area contributed by atoms with Crippen LogP contribution in [-0.2, 0) is 9.47 Å². The van der Waals surface area contributed by atoms with Crippen molar-refractivity contribution in [2.45, 2.75) is 31.5 Å². The van der Waals surface area contributed by atoms with Crippen LogP contribution in [0.25, 0.3) is 0 Å². The van der Waals surface area contributed by atoms with Gasteiger partial charge in [-0.15, -0.1) is 0 Å². The zero-order chi connectivity index (χ0) is 10.0. The van der Waals surface area contributed by atoms with Crippen molar-refractivity contribution in [1.82, 2.24) is 4.90 Å². The van der Waals surface area contributed by atoms with E-state index in [1.54, 1.807) is 0 Å². The van der Waals surface area contributed by atoms with Gasteiger partial charge in [-0.1, -0.05) is 6.92 Å². The SMILES string of the molecule is CCC1(O)CN(CC2CCOCO2)C1. The number of aliphatic hydroxyl groups is 1. The summed E-state index contributed by atoms with van der Waals surface area (Å²) in [5, 5.41) is 9.81. The monoisotopic (exact) mass is 201 g/mol. The summed E-state index contributed by atoms with van der Waals surface area (Å²) in [6, 6.07) is 0. The summed E-state index contributed by atoms with van der Waals surface area (Å²) in [6.45, 7) is 5.79. The maximum absolute atomic E-state index is 9.81. The highest BCUT2D eigenvalue weighted by atomic mass is 16.7. The van der Waals surface area contributed by atoms with Gasteiger partial charge in [-0.05, 0) is 12.8 Å². The van der Waals surface area contributed by atoms with E-state index in [0.717, 1.165) is 39.1 Å². The molecule has 0 bridgehead atoms. The van der Waals surface area contributed by atoms with Gasteiger partial charge in [0.1, 0.15) is 6.79 Å². The normalized spacial score (nSPS) is 32.6. The van der Waals surface area contributed by atoms with Crippen molar-refractivity contribution in [2.24, 2.45) is 0 Å². The van der Waals surface area contributed by atoms with Gasteiger partial charge in [0.2, 0.25) is 0 Å². The number of ether oxygens (including phenoxy) is 2. The van der Waals surface area contributed by atoms with Gasteiger partial charge < -0.3 is 14.6 Å². The van der Waals surface area contributed by atoms with E-state index in [2.05, 4.69) is 4.90 Å². The quantitative estimate of drug-likeness (QED) is 0.708. The van der Waals surface area contributed by atoms with Crippen LogP contribution in [0.2, 0.25) is 0 Å². The van der Waals surface area contributed by atoms with E-state index in [1.807, 2.05) is 6.92 Å². The molecule has 0 radical (unpaired) electrons. The summed E-state index contributed by atoms with van der Waals surface area (Å²) in [4.78, 5) is 2.25. The summed E-state index contributed by atoms with van der Waals surface area (Å²) in [7, 11) is 0. The highest BCUT2D eigenvalue weighted by Gasteiger charge is 2.40. The number of nitrogens with zero attached hydrogens (tertiary/aromatic N) is 1. The van der Waals surface area contributed by atoms with Crippen molar-refractivity contribution in [1.29, 1.82) is 0 Å². The van der Waals surface area contributed by atoms with Crippen molar-refractivity contribution in [2.75, 3.05) is 33.0 Å². The third-order valence-electron chi connectivity index (χ3n) is 3.13. The molecule has 0 amide bonds. The van der Waals surface area contributed by atoms with Crippen LogP contribution in [0.15, 0.2) is 0 Å². The molecule has 0 saturated carbocycles. The average Bonchev–Trinajstić information content (AvgIpc) is 2.17. The molecule has 82 valence electrons. The van der Waals surface area contributed by atoms with E-state index in [0.29, 0.717) is 12.9 Å². The van der Waals surface area contributed by atoms with Gasteiger partial charge in [0.15, 0.2) is 0 Å². The summed E-state index contributed by atoms with van der Waals surface area (Å²) in [5.41, 5.74) is -0.425. The summed E-state index contributed by atoms with van der Waals surface area (Å²) in [5.74, 6) is 0. The summed E-state index contributed by atoms with van der Waals surface area (Å²) < 4.78 is 10.5. The van der Waals surface area contributed by atoms with Gasteiger partial charge in [-0.25, -0.2) is 0 Å². The summed E-state index contributed by atoms with van der Waals surface area (Å²) >= 11 is 0. The lowest BCUT2D eigenvalue weighted by atomic mass is 9.91. The molecule has 1 N–H and O–H groups in total. The van der Waals surface area contributed by atoms with E-state index in [4.69, 9.17) is 9.47 Å². The number of hydrogen-bond donors (Lipinski definition) is 1. The number of likely N-dealkylation sites (tertiary alicyclic amines) is 1. The fourth-order valence-electron chi connectivity index (χ4n) is 2.07. The number of β-amino-alcohol motifs (C(OH)–C–C–N with tert-alkyl or cyclic N) is 1. The number of rotatable bonds is 3. The largest absolute Gasteiger partial charge is 0.387 e. The maximum atomic E-state index is 9.81. The first kappa shape index (κ1) is 10.4. The second-order valence-corrected chi connectivity index (χ2v) is 4.35. The van der Waals surface area contributed by atoms with Crippen molar-refractivity contribution in [3.63, 3.8) is 0 Å². The van der Waals surface area contributed by atoms with E-state index in [1.165, 1.54) is 0 Å². The molecule has 0 aromatic heterocycles. The minimum absolute atomic E-state index is 0.296. The highest BCUT2D eigenvalue weighted by molar-refractivity contribution is 4.95. The van der Waals surface area contributed by atoms with Gasteiger partial charge in [0, 0.05) is 19.6 Å². The van der Waals surface area contributed by atoms with Crippen molar-refractivity contribution < 1.29 is 14.6 Å². The van der Waals surface area contributed by atoms with E-state index < -0.39 is 5.60 Å². The Kier molecular flexibility index (Phi) is 3.07. The molecule has 2 heterocycles. The Bertz CT molecular complexity index is 186. The molecule has 0 aliphatic carbocycles. The van der Waals surface area contributed by atoms with Crippen LogP contribution < -0.4 is 0 Å². The van der Waals surface area contributed by atoms with Crippen LogP contribution in [0.5, 0.6) is 0 Å². The average molecular weight is 201 g/mol. The third kappa shape index (κ3) is 2.25. The molecule has 14 heavy (non-hydrogen) atoms. The van der Waals surface area contributed by atoms with Crippen LogP contribution in [0.1, 0.15) is 19.8 Å². The molecule has 1 unspecified atom stereocenters. The Morgan fingerprint density at radius 1 is 1.50 bits per heavy atom. The first-order valence-electron chi connectivity index (χ1n) is 5.36. The molecule has 1 atom stereocenters. The second-order valence-electron chi connectivity index (χ2n) is 4.35. The van der Waals surface area contributed by atoms with Gasteiger partial charge in [0.25, 0.3) is 0 Å². The predicted octanol–water partition coefficient (Wildman–Crippen LogP) is 0.206. The van der Waals surface area contributed by atoms with E-state index in [9.17, 15) is 5.11 Å². The molecule has 2 saturated heterocycles. The first-order chi connectivity index (χ1) is 6.72. The van der Waals surface area contributed by atoms with Gasteiger partial charge in [-0.3, -0.25) is 4.90 Å². The van der Waals surface area contributed by atoms with Gasteiger partial charge in [0.05, 0.1) is 18.3 Å². The predicted molar refractivity (Wildman–Crippen MR) is 52.0 cm³/mol.